The molecule has 0 bridgehead atoms. The lowest BCUT2D eigenvalue weighted by molar-refractivity contribution is -0.107. The molecule has 0 radical (unpaired) electrons. The SMILES string of the molecule is O=CN(Cc1ccccn1)c1cnc(-c2cn[nH]c2)nc1NCCc1cccc(F)c1. The Morgan fingerprint density at radius 3 is 2.81 bits per heavy atom. The van der Waals surface area contributed by atoms with Crippen LogP contribution in [0.5, 0.6) is 0 Å². The lowest BCUT2D eigenvalue weighted by Gasteiger charge is -2.20. The maximum Gasteiger partial charge on any atom is 0.214 e. The van der Waals surface area contributed by atoms with Crippen LogP contribution in [0.3, 0.4) is 0 Å². The minimum atomic E-state index is -0.273. The van der Waals surface area contributed by atoms with Crippen LogP contribution in [0.15, 0.2) is 67.3 Å². The van der Waals surface area contributed by atoms with Crippen molar-refractivity contribution in [2.75, 3.05) is 16.8 Å². The number of halogens is 1. The third-order valence-electron chi connectivity index (χ3n) is 4.62. The molecule has 0 aliphatic rings. The fourth-order valence-electron chi connectivity index (χ4n) is 3.09. The molecule has 0 atom stereocenters. The molecule has 0 aliphatic heterocycles. The Bertz CT molecular complexity index is 1140. The molecule has 3 heterocycles. The molecule has 0 aliphatic carbocycles. The van der Waals surface area contributed by atoms with Crippen LogP contribution >= 0.6 is 0 Å². The lowest BCUT2D eigenvalue weighted by Crippen LogP contribution is -2.23. The van der Waals surface area contributed by atoms with Gasteiger partial charge in [0.2, 0.25) is 6.41 Å². The summed E-state index contributed by atoms with van der Waals surface area (Å²) in [6, 6.07) is 12.0. The van der Waals surface area contributed by atoms with Crippen LogP contribution in [-0.4, -0.2) is 38.1 Å². The highest BCUT2D eigenvalue weighted by atomic mass is 19.1. The van der Waals surface area contributed by atoms with Gasteiger partial charge in [0, 0.05) is 18.9 Å². The van der Waals surface area contributed by atoms with Gasteiger partial charge >= 0.3 is 0 Å². The van der Waals surface area contributed by atoms with Gasteiger partial charge in [0.25, 0.3) is 0 Å². The van der Waals surface area contributed by atoms with E-state index in [4.69, 9.17) is 0 Å². The Labute approximate surface area is 178 Å². The van der Waals surface area contributed by atoms with Crippen molar-refractivity contribution in [3.05, 3.63) is 84.3 Å². The number of aromatic nitrogens is 5. The largest absolute Gasteiger partial charge is 0.368 e. The second kappa shape index (κ2) is 9.57. The van der Waals surface area contributed by atoms with Crippen LogP contribution in [0, 0.1) is 5.82 Å². The van der Waals surface area contributed by atoms with Gasteiger partial charge in [-0.05, 0) is 36.2 Å². The van der Waals surface area contributed by atoms with Gasteiger partial charge < -0.3 is 10.2 Å². The van der Waals surface area contributed by atoms with E-state index in [0.29, 0.717) is 30.3 Å². The fraction of sp³-hybridized carbons (Fsp3) is 0.136. The molecule has 0 saturated carbocycles. The van der Waals surface area contributed by atoms with Crippen LogP contribution < -0.4 is 10.2 Å². The fourth-order valence-corrected chi connectivity index (χ4v) is 3.09. The molecular weight excluding hydrogens is 397 g/mol. The smallest absolute Gasteiger partial charge is 0.214 e. The third-order valence-corrected chi connectivity index (χ3v) is 4.62. The van der Waals surface area contributed by atoms with Crippen LogP contribution in [0.2, 0.25) is 0 Å². The summed E-state index contributed by atoms with van der Waals surface area (Å²) in [5.41, 5.74) is 2.84. The number of hydrogen-bond acceptors (Lipinski definition) is 6. The normalized spacial score (nSPS) is 10.6. The molecule has 4 rings (SSSR count). The summed E-state index contributed by atoms with van der Waals surface area (Å²) >= 11 is 0. The molecule has 0 fully saturated rings. The number of anilines is 2. The number of nitrogens with zero attached hydrogens (tertiary/aromatic N) is 5. The predicted octanol–water partition coefficient (Wildman–Crippen LogP) is 3.22. The van der Waals surface area contributed by atoms with Crippen LogP contribution in [0.1, 0.15) is 11.3 Å². The summed E-state index contributed by atoms with van der Waals surface area (Å²) in [6.07, 6.45) is 7.90. The quantitative estimate of drug-likeness (QED) is 0.406. The summed E-state index contributed by atoms with van der Waals surface area (Å²) in [6.45, 7) is 0.770. The molecular formula is C22H20FN7O. The summed E-state index contributed by atoms with van der Waals surface area (Å²) in [4.78, 5) is 26.6. The highest BCUT2D eigenvalue weighted by Gasteiger charge is 2.16. The number of benzene rings is 1. The monoisotopic (exact) mass is 417 g/mol. The first-order chi connectivity index (χ1) is 15.2. The van der Waals surface area contributed by atoms with Crippen molar-refractivity contribution in [1.29, 1.82) is 0 Å². The van der Waals surface area contributed by atoms with Gasteiger partial charge in [-0.2, -0.15) is 5.10 Å². The number of aromatic amines is 1. The molecule has 3 aromatic heterocycles. The average molecular weight is 417 g/mol. The summed E-state index contributed by atoms with van der Waals surface area (Å²) < 4.78 is 13.4. The summed E-state index contributed by atoms with van der Waals surface area (Å²) in [5.74, 6) is 0.685. The maximum absolute atomic E-state index is 13.4. The highest BCUT2D eigenvalue weighted by Crippen LogP contribution is 2.26. The van der Waals surface area contributed by atoms with Crippen molar-refractivity contribution in [3.63, 3.8) is 0 Å². The topological polar surface area (TPSA) is 99.7 Å². The van der Waals surface area contributed by atoms with Gasteiger partial charge in [0.05, 0.1) is 30.2 Å². The zero-order valence-corrected chi connectivity index (χ0v) is 16.6. The van der Waals surface area contributed by atoms with E-state index in [1.165, 1.54) is 17.0 Å². The molecule has 9 heteroatoms. The first kappa shape index (κ1) is 20.1. The van der Waals surface area contributed by atoms with Crippen molar-refractivity contribution in [3.8, 4) is 11.4 Å². The third kappa shape index (κ3) is 5.08. The van der Waals surface area contributed by atoms with Gasteiger partial charge in [-0.1, -0.05) is 18.2 Å². The van der Waals surface area contributed by atoms with E-state index in [1.807, 2.05) is 24.3 Å². The zero-order chi connectivity index (χ0) is 21.5. The number of hydrogen-bond donors (Lipinski definition) is 2. The maximum atomic E-state index is 13.4. The number of rotatable bonds is 9. The molecule has 0 unspecified atom stereocenters. The van der Waals surface area contributed by atoms with Gasteiger partial charge in [-0.3, -0.25) is 14.9 Å². The molecule has 156 valence electrons. The van der Waals surface area contributed by atoms with E-state index in [2.05, 4.69) is 30.5 Å². The van der Waals surface area contributed by atoms with Gasteiger partial charge in [-0.25, -0.2) is 14.4 Å². The summed E-state index contributed by atoms with van der Waals surface area (Å²) in [7, 11) is 0. The van der Waals surface area contributed by atoms with Crippen molar-refractivity contribution in [1.82, 2.24) is 25.1 Å². The second-order valence-corrected chi connectivity index (χ2v) is 6.78. The van der Waals surface area contributed by atoms with E-state index in [-0.39, 0.29) is 12.4 Å². The number of pyridine rings is 1. The zero-order valence-electron chi connectivity index (χ0n) is 16.6. The van der Waals surface area contributed by atoms with Crippen LogP contribution in [-0.2, 0) is 17.8 Å². The van der Waals surface area contributed by atoms with E-state index in [0.717, 1.165) is 23.2 Å². The molecule has 31 heavy (non-hydrogen) atoms. The van der Waals surface area contributed by atoms with Gasteiger partial charge in [-0.15, -0.1) is 0 Å². The predicted molar refractivity (Wildman–Crippen MR) is 115 cm³/mol. The first-order valence-electron chi connectivity index (χ1n) is 9.69. The Morgan fingerprint density at radius 2 is 2.06 bits per heavy atom. The van der Waals surface area contributed by atoms with Crippen molar-refractivity contribution in [2.24, 2.45) is 0 Å². The number of carbonyl (C=O) groups excluding carboxylic acids is 1. The van der Waals surface area contributed by atoms with Crippen molar-refractivity contribution in [2.45, 2.75) is 13.0 Å². The summed E-state index contributed by atoms with van der Waals surface area (Å²) in [5, 5.41) is 9.93. The Hall–Kier alpha value is -4.14. The molecule has 2 N–H and O–H groups in total. The minimum absolute atomic E-state index is 0.273. The number of nitrogens with one attached hydrogen (secondary N) is 2. The van der Waals surface area contributed by atoms with Gasteiger partial charge in [0.1, 0.15) is 11.5 Å². The number of H-pyrrole nitrogens is 1. The molecule has 1 amide bonds. The van der Waals surface area contributed by atoms with Crippen LogP contribution in [0.25, 0.3) is 11.4 Å². The van der Waals surface area contributed by atoms with Crippen molar-refractivity contribution < 1.29 is 9.18 Å². The Morgan fingerprint density at radius 1 is 1.13 bits per heavy atom. The Kier molecular flexibility index (Phi) is 6.22. The Balaban J connectivity index is 1.59. The van der Waals surface area contributed by atoms with Crippen LogP contribution in [0.4, 0.5) is 15.9 Å². The number of amides is 1. The second-order valence-electron chi connectivity index (χ2n) is 6.78. The van der Waals surface area contributed by atoms with Crippen molar-refractivity contribution >= 4 is 17.9 Å². The van der Waals surface area contributed by atoms with E-state index in [9.17, 15) is 9.18 Å². The standard InChI is InChI=1S/C22H20FN7O/c23-18-5-3-4-16(10-18)7-9-25-22-20(13-26-21(29-22)17-11-27-28-12-17)30(15-31)14-19-6-1-2-8-24-19/h1-6,8,10-13,15H,7,9,14H2,(H,27,28)(H,25,26,29). The molecule has 0 spiro atoms. The molecule has 4 aromatic rings. The number of carbonyl (C=O) groups is 1. The lowest BCUT2D eigenvalue weighted by atomic mass is 10.1. The van der Waals surface area contributed by atoms with E-state index < -0.39 is 0 Å². The molecule has 1 aromatic carbocycles. The molecule has 0 saturated heterocycles. The average Bonchev–Trinajstić information content (AvgIpc) is 3.33. The van der Waals surface area contributed by atoms with Gasteiger partial charge in [0.15, 0.2) is 11.6 Å². The minimum Gasteiger partial charge on any atom is -0.368 e. The molecule has 8 nitrogen and oxygen atoms in total. The first-order valence-corrected chi connectivity index (χ1v) is 9.69. The van der Waals surface area contributed by atoms with E-state index in [1.54, 1.807) is 30.9 Å². The van der Waals surface area contributed by atoms with E-state index >= 15 is 0 Å². The highest BCUT2D eigenvalue weighted by molar-refractivity contribution is 5.82.